The average Bonchev–Trinajstić information content (AvgIpc) is 3.63. The summed E-state index contributed by atoms with van der Waals surface area (Å²) in [5.74, 6) is 0.634. The topological polar surface area (TPSA) is 175 Å². The van der Waals surface area contributed by atoms with Gasteiger partial charge >= 0.3 is 12.1 Å². The molecular weight excluding hydrogens is 504 g/mol. The second-order valence-corrected chi connectivity index (χ2v) is 9.25. The molecule has 1 aliphatic rings. The third-order valence-electron chi connectivity index (χ3n) is 6.52. The zero-order valence-electron chi connectivity index (χ0n) is 21.2. The molecule has 1 saturated heterocycles. The van der Waals surface area contributed by atoms with Gasteiger partial charge in [-0.25, -0.2) is 34.5 Å². The van der Waals surface area contributed by atoms with Crippen molar-refractivity contribution in [2.45, 2.75) is 32.0 Å². The predicted octanol–water partition coefficient (Wildman–Crippen LogP) is 2.08. The highest BCUT2D eigenvalue weighted by molar-refractivity contribution is 5.83. The Balaban J connectivity index is 1.16. The quantitative estimate of drug-likeness (QED) is 0.190. The number of aromatic nitrogens is 6. The summed E-state index contributed by atoms with van der Waals surface area (Å²) < 4.78 is 6.75. The van der Waals surface area contributed by atoms with Gasteiger partial charge in [-0.05, 0) is 24.3 Å². The summed E-state index contributed by atoms with van der Waals surface area (Å²) in [6.07, 6.45) is 7.57. The summed E-state index contributed by atoms with van der Waals surface area (Å²) in [4.78, 5) is 44.4. The molecule has 0 radical (unpaired) electrons. The monoisotopic (exact) mass is 534 g/mol. The van der Waals surface area contributed by atoms with Crippen molar-refractivity contribution in [1.82, 2.24) is 39.8 Å². The first-order valence-electron chi connectivity index (χ1n) is 12.7. The van der Waals surface area contributed by atoms with Crippen LogP contribution in [0.2, 0.25) is 0 Å². The van der Waals surface area contributed by atoms with E-state index in [1.165, 1.54) is 12.7 Å². The Kier molecular flexibility index (Phi) is 8.12. The van der Waals surface area contributed by atoms with Gasteiger partial charge in [-0.1, -0.05) is 30.3 Å². The summed E-state index contributed by atoms with van der Waals surface area (Å²) in [6, 6.07) is 7.89. The number of alkyl carbamates (subject to hydrolysis) is 1. The van der Waals surface area contributed by atoms with Crippen molar-refractivity contribution in [3.8, 4) is 0 Å². The minimum Gasteiger partial charge on any atom is -0.480 e. The molecule has 5 N–H and O–H groups in total. The molecule has 1 fully saturated rings. The molecule has 0 unspecified atom stereocenters. The van der Waals surface area contributed by atoms with Gasteiger partial charge in [0.1, 0.15) is 19.0 Å². The van der Waals surface area contributed by atoms with E-state index in [0.717, 1.165) is 44.0 Å². The molecule has 3 aromatic heterocycles. The van der Waals surface area contributed by atoms with Crippen LogP contribution in [0.3, 0.4) is 0 Å². The summed E-state index contributed by atoms with van der Waals surface area (Å²) >= 11 is 0. The van der Waals surface area contributed by atoms with Crippen LogP contribution in [-0.2, 0) is 22.7 Å². The maximum Gasteiger partial charge on any atom is 0.408 e. The fourth-order valence-corrected chi connectivity index (χ4v) is 4.39. The van der Waals surface area contributed by atoms with E-state index in [4.69, 9.17) is 4.74 Å². The molecule has 1 aromatic carbocycles. The number of aliphatic carboxylic acids is 1. The third kappa shape index (κ3) is 6.78. The van der Waals surface area contributed by atoms with Gasteiger partial charge in [-0.3, -0.25) is 0 Å². The Bertz CT molecular complexity index is 1370. The van der Waals surface area contributed by atoms with Gasteiger partial charge in [-0.2, -0.15) is 0 Å². The lowest BCUT2D eigenvalue weighted by atomic mass is 9.98. The number of nitrogens with zero attached hydrogens (tertiary/aromatic N) is 6. The largest absolute Gasteiger partial charge is 0.480 e. The summed E-state index contributed by atoms with van der Waals surface area (Å²) in [5.41, 5.74) is 5.09. The van der Waals surface area contributed by atoms with E-state index in [9.17, 15) is 14.7 Å². The smallest absolute Gasteiger partial charge is 0.408 e. The number of amides is 1. The molecule has 14 heteroatoms. The number of carbonyl (C=O) groups excluding carboxylic acids is 1. The van der Waals surface area contributed by atoms with Crippen molar-refractivity contribution in [1.29, 1.82) is 0 Å². The highest BCUT2D eigenvalue weighted by atomic mass is 16.5. The number of benzene rings is 1. The third-order valence-corrected chi connectivity index (χ3v) is 6.52. The maximum absolute atomic E-state index is 12.3. The Morgan fingerprint density at radius 2 is 1.95 bits per heavy atom. The van der Waals surface area contributed by atoms with Gasteiger partial charge in [0.25, 0.3) is 0 Å². The number of H-pyrrole nitrogens is 1. The zero-order chi connectivity index (χ0) is 27.0. The Labute approximate surface area is 223 Å². The molecule has 39 heavy (non-hydrogen) atoms. The van der Waals surface area contributed by atoms with E-state index in [-0.39, 0.29) is 13.2 Å². The van der Waals surface area contributed by atoms with E-state index >= 15 is 0 Å². The van der Waals surface area contributed by atoms with E-state index in [1.54, 1.807) is 17.0 Å². The van der Waals surface area contributed by atoms with Crippen LogP contribution >= 0.6 is 0 Å². The lowest BCUT2D eigenvalue weighted by molar-refractivity contribution is -0.139. The molecule has 1 aliphatic heterocycles. The van der Waals surface area contributed by atoms with Crippen LogP contribution in [0.4, 0.5) is 16.6 Å². The molecule has 0 bridgehead atoms. The molecule has 0 saturated carbocycles. The number of hydrogen-bond donors (Lipinski definition) is 5. The molecule has 4 heterocycles. The normalized spacial score (nSPS) is 15.1. The fourth-order valence-electron chi connectivity index (χ4n) is 4.39. The Morgan fingerprint density at radius 3 is 2.69 bits per heavy atom. The molecular formula is C25H30N10O4. The van der Waals surface area contributed by atoms with Crippen molar-refractivity contribution in [2.75, 3.05) is 30.4 Å². The Hall–Kier alpha value is -4.72. The minimum absolute atomic E-state index is 0.0347. The van der Waals surface area contributed by atoms with Crippen molar-refractivity contribution < 1.29 is 19.4 Å². The number of imidazole rings is 2. The fraction of sp³-hybridized carbons (Fsp3) is 0.360. The number of aromatic amines is 1. The molecule has 1 atom stereocenters. The summed E-state index contributed by atoms with van der Waals surface area (Å²) in [7, 11) is 0. The standard InChI is InChI=1S/C25H30N10O4/c36-23(37)19(32-25(38)39-14-18-4-2-1-3-5-18)13-34-16-31-20-21(29-15-30-22(20)34)33-35-10-6-17(7-11-35)12-28-24-26-8-9-27-24/h1-5,8-9,15-17,19H,6-7,10-14H2,(H,32,38)(H,36,37)(H2,26,27,28)(H,29,30,33)/t19-/m0/s1. The highest BCUT2D eigenvalue weighted by Gasteiger charge is 2.24. The van der Waals surface area contributed by atoms with Gasteiger partial charge in [0.05, 0.1) is 12.9 Å². The first-order chi connectivity index (χ1) is 19.0. The van der Waals surface area contributed by atoms with Crippen LogP contribution in [-0.4, -0.2) is 77.3 Å². The van der Waals surface area contributed by atoms with E-state index in [0.29, 0.717) is 22.9 Å². The van der Waals surface area contributed by atoms with Crippen LogP contribution in [0.1, 0.15) is 18.4 Å². The average molecular weight is 535 g/mol. The van der Waals surface area contributed by atoms with Crippen LogP contribution in [0.15, 0.2) is 55.4 Å². The molecule has 1 amide bonds. The van der Waals surface area contributed by atoms with Crippen LogP contribution < -0.4 is 16.1 Å². The second kappa shape index (κ2) is 12.2. The van der Waals surface area contributed by atoms with Gasteiger partial charge in [-0.15, -0.1) is 0 Å². The van der Waals surface area contributed by atoms with Crippen LogP contribution in [0.25, 0.3) is 11.2 Å². The number of anilines is 2. The van der Waals surface area contributed by atoms with E-state index in [2.05, 4.69) is 46.0 Å². The minimum atomic E-state index is -1.24. The number of rotatable bonds is 11. The highest BCUT2D eigenvalue weighted by Crippen LogP contribution is 2.22. The number of carboxylic acids is 1. The number of hydrogen-bond acceptors (Lipinski definition) is 10. The Morgan fingerprint density at radius 1 is 1.13 bits per heavy atom. The first-order valence-corrected chi connectivity index (χ1v) is 12.7. The van der Waals surface area contributed by atoms with Crippen molar-refractivity contribution in [2.24, 2.45) is 5.92 Å². The molecule has 0 spiro atoms. The van der Waals surface area contributed by atoms with Crippen molar-refractivity contribution >= 4 is 35.0 Å². The first kappa shape index (κ1) is 25.9. The van der Waals surface area contributed by atoms with E-state index < -0.39 is 18.1 Å². The molecule has 14 nitrogen and oxygen atoms in total. The van der Waals surface area contributed by atoms with Gasteiger partial charge in [0.2, 0.25) is 0 Å². The molecule has 204 valence electrons. The summed E-state index contributed by atoms with van der Waals surface area (Å²) in [6.45, 7) is 2.45. The van der Waals surface area contributed by atoms with Crippen LogP contribution in [0.5, 0.6) is 0 Å². The number of nitrogens with one attached hydrogen (secondary N) is 4. The van der Waals surface area contributed by atoms with Crippen molar-refractivity contribution in [3.05, 3.63) is 60.9 Å². The molecule has 4 aromatic rings. The molecule has 0 aliphatic carbocycles. The zero-order valence-corrected chi connectivity index (χ0v) is 21.2. The van der Waals surface area contributed by atoms with E-state index in [1.807, 2.05) is 30.3 Å². The SMILES string of the molecule is O=C(N[C@@H](Cn1cnc2c(NN3CCC(CNc4ncc[nH]4)CC3)ncnc21)C(=O)O)OCc1ccccc1. The predicted molar refractivity (Wildman–Crippen MR) is 142 cm³/mol. The number of ether oxygens (including phenoxy) is 1. The van der Waals surface area contributed by atoms with Crippen molar-refractivity contribution in [3.63, 3.8) is 0 Å². The number of hydrazine groups is 1. The lowest BCUT2D eigenvalue weighted by Crippen LogP contribution is -2.43. The summed E-state index contributed by atoms with van der Waals surface area (Å²) in [5, 5.41) is 17.5. The lowest BCUT2D eigenvalue weighted by Gasteiger charge is -2.32. The number of carbonyl (C=O) groups is 2. The number of piperidine rings is 1. The van der Waals surface area contributed by atoms with Gasteiger partial charge in [0.15, 0.2) is 22.9 Å². The second-order valence-electron chi connectivity index (χ2n) is 9.25. The number of fused-ring (bicyclic) bond motifs is 1. The van der Waals surface area contributed by atoms with Crippen LogP contribution in [0, 0.1) is 5.92 Å². The maximum atomic E-state index is 12.3. The number of carboxylic acid groups (broad SMARTS) is 1. The van der Waals surface area contributed by atoms with Gasteiger partial charge in [0, 0.05) is 32.0 Å². The molecule has 5 rings (SSSR count). The van der Waals surface area contributed by atoms with Gasteiger partial charge < -0.3 is 35.5 Å².